The van der Waals surface area contributed by atoms with Crippen molar-refractivity contribution in [3.8, 4) is 5.75 Å². The molecule has 0 bridgehead atoms. The van der Waals surface area contributed by atoms with Crippen molar-refractivity contribution < 1.29 is 28.3 Å². The van der Waals surface area contributed by atoms with E-state index in [2.05, 4.69) is 4.74 Å². The van der Waals surface area contributed by atoms with E-state index in [-0.39, 0.29) is 23.0 Å². The number of hydrogen-bond acceptors (Lipinski definition) is 7. The molecule has 10 heteroatoms. The van der Waals surface area contributed by atoms with Crippen molar-refractivity contribution in [3.63, 3.8) is 0 Å². The minimum Gasteiger partial charge on any atom is -0.491 e. The Hall–Kier alpha value is -2.42. The van der Waals surface area contributed by atoms with Crippen LogP contribution in [0.4, 0.5) is 4.79 Å². The van der Waals surface area contributed by atoms with Gasteiger partial charge < -0.3 is 13.9 Å². The van der Waals surface area contributed by atoms with Gasteiger partial charge in [-0.25, -0.2) is 4.79 Å². The highest BCUT2D eigenvalue weighted by Crippen LogP contribution is 2.37. The van der Waals surface area contributed by atoms with Gasteiger partial charge in [-0.05, 0) is 54.6 Å². The van der Waals surface area contributed by atoms with Gasteiger partial charge in [0.05, 0.1) is 35.2 Å². The van der Waals surface area contributed by atoms with Crippen molar-refractivity contribution in [2.45, 2.75) is 13.5 Å². The van der Waals surface area contributed by atoms with Crippen molar-refractivity contribution >= 4 is 58.2 Å². The van der Waals surface area contributed by atoms with Crippen LogP contribution in [-0.2, 0) is 16.1 Å². The van der Waals surface area contributed by atoms with Crippen molar-refractivity contribution in [3.05, 3.63) is 56.3 Å². The summed E-state index contributed by atoms with van der Waals surface area (Å²) in [6, 6.07) is 6.12. The molecule has 29 heavy (non-hydrogen) atoms. The Morgan fingerprint density at radius 2 is 1.93 bits per heavy atom. The first kappa shape index (κ1) is 21.3. The third-order valence-electron chi connectivity index (χ3n) is 3.84. The van der Waals surface area contributed by atoms with Crippen LogP contribution < -0.4 is 4.74 Å². The predicted molar refractivity (Wildman–Crippen MR) is 109 cm³/mol. The summed E-state index contributed by atoms with van der Waals surface area (Å²) in [5, 5.41) is 0.145. The minimum atomic E-state index is -0.644. The number of thioether (sulfide) groups is 1. The van der Waals surface area contributed by atoms with Crippen LogP contribution in [0.1, 0.15) is 28.8 Å². The van der Waals surface area contributed by atoms with E-state index in [1.165, 1.54) is 25.3 Å². The molecule has 0 unspecified atom stereocenters. The van der Waals surface area contributed by atoms with Crippen LogP contribution in [0.5, 0.6) is 5.75 Å². The Morgan fingerprint density at radius 3 is 2.55 bits per heavy atom. The van der Waals surface area contributed by atoms with Gasteiger partial charge in [0.25, 0.3) is 11.1 Å². The zero-order valence-electron chi connectivity index (χ0n) is 15.4. The first-order valence-electron chi connectivity index (χ1n) is 8.38. The van der Waals surface area contributed by atoms with Gasteiger partial charge in [0.2, 0.25) is 5.76 Å². The van der Waals surface area contributed by atoms with E-state index < -0.39 is 17.1 Å². The van der Waals surface area contributed by atoms with Crippen LogP contribution in [0.25, 0.3) is 6.08 Å². The van der Waals surface area contributed by atoms with E-state index in [1.807, 2.05) is 6.92 Å². The summed E-state index contributed by atoms with van der Waals surface area (Å²) in [6.07, 6.45) is 1.53. The zero-order chi connectivity index (χ0) is 21.1. The molecular weight excluding hydrogens is 441 g/mol. The highest BCUT2D eigenvalue weighted by atomic mass is 35.5. The SMILES string of the molecule is CCOc1c(Cl)cc(/C=C2/SC(=O)N(Cc3ccc(C(=O)OC)o3)C2=O)cc1Cl. The Labute approximate surface area is 180 Å². The van der Waals surface area contributed by atoms with Crippen molar-refractivity contribution in [1.82, 2.24) is 4.90 Å². The molecule has 0 spiro atoms. The summed E-state index contributed by atoms with van der Waals surface area (Å²) in [4.78, 5) is 37.6. The minimum absolute atomic E-state index is 0.0105. The van der Waals surface area contributed by atoms with Crippen LogP contribution in [0, 0.1) is 0 Å². The highest BCUT2D eigenvalue weighted by Gasteiger charge is 2.35. The molecule has 0 N–H and O–H groups in total. The third-order valence-corrected chi connectivity index (χ3v) is 5.31. The van der Waals surface area contributed by atoms with E-state index in [4.69, 9.17) is 32.4 Å². The second kappa shape index (κ2) is 8.94. The number of benzene rings is 1. The summed E-state index contributed by atoms with van der Waals surface area (Å²) >= 11 is 13.2. The molecule has 0 saturated carbocycles. The molecule has 7 nitrogen and oxygen atoms in total. The quantitative estimate of drug-likeness (QED) is 0.446. The molecule has 1 fully saturated rings. The number of ether oxygens (including phenoxy) is 2. The first-order valence-corrected chi connectivity index (χ1v) is 9.95. The maximum Gasteiger partial charge on any atom is 0.373 e. The Bertz CT molecular complexity index is 993. The lowest BCUT2D eigenvalue weighted by Gasteiger charge is -2.10. The molecule has 152 valence electrons. The van der Waals surface area contributed by atoms with Crippen molar-refractivity contribution in [1.29, 1.82) is 0 Å². The van der Waals surface area contributed by atoms with E-state index >= 15 is 0 Å². The van der Waals surface area contributed by atoms with E-state index in [1.54, 1.807) is 12.1 Å². The third kappa shape index (κ3) is 4.60. The number of carbonyl (C=O) groups is 3. The van der Waals surface area contributed by atoms with Crippen LogP contribution in [0.15, 0.2) is 33.6 Å². The molecule has 2 amide bonds. The number of esters is 1. The molecule has 1 aromatic heterocycles. The number of nitrogens with zero attached hydrogens (tertiary/aromatic N) is 1. The Balaban J connectivity index is 1.80. The monoisotopic (exact) mass is 455 g/mol. The van der Waals surface area contributed by atoms with Crippen molar-refractivity contribution in [2.24, 2.45) is 0 Å². The fourth-order valence-electron chi connectivity index (χ4n) is 2.56. The molecule has 3 rings (SSSR count). The van der Waals surface area contributed by atoms with Gasteiger partial charge in [0, 0.05) is 0 Å². The maximum atomic E-state index is 12.7. The van der Waals surface area contributed by atoms with Crippen LogP contribution in [0.3, 0.4) is 0 Å². The molecule has 0 aliphatic carbocycles. The molecule has 0 atom stereocenters. The zero-order valence-corrected chi connectivity index (χ0v) is 17.7. The highest BCUT2D eigenvalue weighted by molar-refractivity contribution is 8.18. The molecular formula is C19H15Cl2NO6S. The second-order valence-electron chi connectivity index (χ2n) is 5.77. The average Bonchev–Trinajstić information content (AvgIpc) is 3.25. The van der Waals surface area contributed by atoms with Crippen LogP contribution in [0.2, 0.25) is 10.0 Å². The lowest BCUT2D eigenvalue weighted by Crippen LogP contribution is -2.27. The number of hydrogen-bond donors (Lipinski definition) is 0. The van der Waals surface area contributed by atoms with E-state index in [0.717, 1.165) is 16.7 Å². The summed E-state index contributed by atoms with van der Waals surface area (Å²) in [6.45, 7) is 2.11. The lowest BCUT2D eigenvalue weighted by atomic mass is 10.2. The molecule has 1 aliphatic rings. The number of amides is 2. The summed E-state index contributed by atoms with van der Waals surface area (Å²) in [7, 11) is 1.23. The summed E-state index contributed by atoms with van der Waals surface area (Å²) in [5.41, 5.74) is 0.555. The van der Waals surface area contributed by atoms with E-state index in [9.17, 15) is 14.4 Å². The van der Waals surface area contributed by atoms with Crippen LogP contribution >= 0.6 is 35.0 Å². The molecule has 0 radical (unpaired) electrons. The van der Waals surface area contributed by atoms with Gasteiger partial charge in [-0.3, -0.25) is 14.5 Å². The second-order valence-corrected chi connectivity index (χ2v) is 7.58. The predicted octanol–water partition coefficient (Wildman–Crippen LogP) is 5.01. The summed E-state index contributed by atoms with van der Waals surface area (Å²) < 4.78 is 15.3. The molecule has 1 saturated heterocycles. The largest absolute Gasteiger partial charge is 0.491 e. The molecule has 2 heterocycles. The van der Waals surface area contributed by atoms with E-state index in [0.29, 0.717) is 28.0 Å². The number of imide groups is 1. The normalized spacial score (nSPS) is 15.3. The van der Waals surface area contributed by atoms with Gasteiger partial charge in [0.1, 0.15) is 5.76 Å². The number of furan rings is 1. The van der Waals surface area contributed by atoms with Crippen molar-refractivity contribution in [2.75, 3.05) is 13.7 Å². The maximum absolute atomic E-state index is 12.7. The van der Waals surface area contributed by atoms with Gasteiger partial charge in [-0.1, -0.05) is 23.2 Å². The average molecular weight is 456 g/mol. The molecule has 1 aromatic carbocycles. The molecule has 1 aliphatic heterocycles. The van der Waals surface area contributed by atoms with Gasteiger partial charge >= 0.3 is 5.97 Å². The first-order chi connectivity index (χ1) is 13.8. The lowest BCUT2D eigenvalue weighted by molar-refractivity contribution is -0.123. The van der Waals surface area contributed by atoms with Gasteiger partial charge in [-0.15, -0.1) is 0 Å². The fraction of sp³-hybridized carbons (Fsp3) is 0.211. The Kier molecular flexibility index (Phi) is 6.56. The summed E-state index contributed by atoms with van der Waals surface area (Å²) in [5.74, 6) is -0.503. The standard InChI is InChI=1S/C19H15Cl2NO6S/c1-3-27-16-12(20)6-10(7-13(16)21)8-15-17(23)22(19(25)29-15)9-11-4-5-14(28-11)18(24)26-2/h4-8H,3,9H2,1-2H3/b15-8+. The smallest absolute Gasteiger partial charge is 0.373 e. The topological polar surface area (TPSA) is 86.1 Å². The number of carbonyl (C=O) groups excluding carboxylic acids is 3. The molecule has 2 aromatic rings. The fourth-order valence-corrected chi connectivity index (χ4v) is 4.01. The van der Waals surface area contributed by atoms with Crippen LogP contribution in [-0.4, -0.2) is 35.7 Å². The number of halogens is 2. The Morgan fingerprint density at radius 1 is 1.24 bits per heavy atom. The number of methoxy groups -OCH3 is 1. The number of rotatable bonds is 6. The van der Waals surface area contributed by atoms with Gasteiger partial charge in [-0.2, -0.15) is 0 Å². The van der Waals surface area contributed by atoms with Gasteiger partial charge in [0.15, 0.2) is 5.75 Å².